The summed E-state index contributed by atoms with van der Waals surface area (Å²) in [6, 6.07) is 7.32. The lowest BCUT2D eigenvalue weighted by molar-refractivity contribution is 0.143. The van der Waals surface area contributed by atoms with Crippen LogP contribution in [0.1, 0.15) is 36.3 Å². The maximum atomic E-state index is 5.51. The van der Waals surface area contributed by atoms with E-state index in [2.05, 4.69) is 30.1 Å². The zero-order valence-corrected chi connectivity index (χ0v) is 10.8. The van der Waals surface area contributed by atoms with E-state index in [1.807, 2.05) is 0 Å². The monoisotopic (exact) mass is 231 g/mol. The summed E-state index contributed by atoms with van der Waals surface area (Å²) in [5.41, 5.74) is 3.01. The Kier molecular flexibility index (Phi) is 2.83. The second-order valence-corrected chi connectivity index (χ2v) is 5.36. The van der Waals surface area contributed by atoms with Crippen LogP contribution in [0, 0.1) is 0 Å². The van der Waals surface area contributed by atoms with Crippen molar-refractivity contribution in [2.24, 2.45) is 0 Å². The Morgan fingerprint density at radius 2 is 2.18 bits per heavy atom. The first kappa shape index (κ1) is 11.1. The van der Waals surface area contributed by atoms with Gasteiger partial charge in [-0.3, -0.25) is 0 Å². The second kappa shape index (κ2) is 4.34. The molecular weight excluding hydrogens is 210 g/mol. The smallest absolute Gasteiger partial charge is 0.122 e. The number of fused-ring (bicyclic) bond motifs is 3. The minimum absolute atomic E-state index is 0.729. The highest BCUT2D eigenvalue weighted by atomic mass is 16.5. The van der Waals surface area contributed by atoms with Gasteiger partial charge in [0.25, 0.3) is 0 Å². The van der Waals surface area contributed by atoms with Gasteiger partial charge in [-0.1, -0.05) is 12.1 Å². The molecule has 1 aromatic rings. The fraction of sp³-hybridized carbons (Fsp3) is 0.600. The van der Waals surface area contributed by atoms with E-state index in [1.165, 1.54) is 37.8 Å². The van der Waals surface area contributed by atoms with Crippen molar-refractivity contribution < 1.29 is 4.74 Å². The summed E-state index contributed by atoms with van der Waals surface area (Å²) in [6.07, 6.45) is 5.13. The van der Waals surface area contributed by atoms with Gasteiger partial charge in [0, 0.05) is 6.04 Å². The van der Waals surface area contributed by atoms with E-state index in [1.54, 1.807) is 12.7 Å². The molecule has 1 heterocycles. The molecule has 0 N–H and O–H groups in total. The van der Waals surface area contributed by atoms with E-state index in [9.17, 15) is 0 Å². The van der Waals surface area contributed by atoms with Crippen LogP contribution >= 0.6 is 0 Å². The highest BCUT2D eigenvalue weighted by Gasteiger charge is 2.35. The number of ether oxygens (including phenoxy) is 1. The Balaban J connectivity index is 2.01. The lowest BCUT2D eigenvalue weighted by atomic mass is 9.74. The molecule has 2 nitrogen and oxygen atoms in total. The molecule has 1 saturated heterocycles. The number of hydrogen-bond acceptors (Lipinski definition) is 2. The Bertz CT molecular complexity index is 415. The molecule has 1 aromatic carbocycles. The number of rotatable bonds is 1. The van der Waals surface area contributed by atoms with Crippen LogP contribution < -0.4 is 4.74 Å². The first-order chi connectivity index (χ1) is 8.31. The number of benzene rings is 1. The maximum Gasteiger partial charge on any atom is 0.122 e. The summed E-state index contributed by atoms with van der Waals surface area (Å²) in [6.45, 7) is 1.26. The molecule has 0 radical (unpaired) electrons. The van der Waals surface area contributed by atoms with Crippen molar-refractivity contribution in [3.63, 3.8) is 0 Å². The lowest BCUT2D eigenvalue weighted by Gasteiger charge is -2.43. The molecule has 17 heavy (non-hydrogen) atoms. The van der Waals surface area contributed by atoms with Crippen LogP contribution in [0.5, 0.6) is 5.75 Å². The van der Waals surface area contributed by atoms with Crippen molar-refractivity contribution in [1.82, 2.24) is 4.90 Å². The van der Waals surface area contributed by atoms with E-state index in [4.69, 9.17) is 4.74 Å². The summed E-state index contributed by atoms with van der Waals surface area (Å²) < 4.78 is 5.51. The van der Waals surface area contributed by atoms with Crippen LogP contribution in [0.4, 0.5) is 0 Å². The van der Waals surface area contributed by atoms with Crippen LogP contribution in [0.25, 0.3) is 0 Å². The van der Waals surface area contributed by atoms with Crippen molar-refractivity contribution in [3.8, 4) is 5.75 Å². The Labute approximate surface area is 104 Å². The van der Waals surface area contributed by atoms with E-state index >= 15 is 0 Å². The largest absolute Gasteiger partial charge is 0.496 e. The molecule has 2 heteroatoms. The average Bonchev–Trinajstić information content (AvgIpc) is 2.38. The molecule has 1 aliphatic heterocycles. The first-order valence-electron chi connectivity index (χ1n) is 6.67. The normalized spacial score (nSPS) is 28.4. The highest BCUT2D eigenvalue weighted by molar-refractivity contribution is 5.44. The van der Waals surface area contributed by atoms with Gasteiger partial charge in [0.1, 0.15) is 5.75 Å². The molecule has 0 saturated carbocycles. The lowest BCUT2D eigenvalue weighted by Crippen LogP contribution is -2.44. The molecule has 0 spiro atoms. The van der Waals surface area contributed by atoms with Gasteiger partial charge in [-0.2, -0.15) is 0 Å². The predicted octanol–water partition coefficient (Wildman–Crippen LogP) is 2.82. The van der Waals surface area contributed by atoms with Gasteiger partial charge in [-0.05, 0) is 62.4 Å². The van der Waals surface area contributed by atoms with Crippen LogP contribution in [0.2, 0.25) is 0 Å². The molecule has 1 aliphatic carbocycles. The van der Waals surface area contributed by atoms with Crippen LogP contribution in [-0.2, 0) is 6.42 Å². The van der Waals surface area contributed by atoms with Crippen molar-refractivity contribution in [1.29, 1.82) is 0 Å². The van der Waals surface area contributed by atoms with Gasteiger partial charge in [0.05, 0.1) is 7.11 Å². The number of piperidine rings is 1. The summed E-state index contributed by atoms with van der Waals surface area (Å²) in [4.78, 5) is 2.55. The van der Waals surface area contributed by atoms with Gasteiger partial charge < -0.3 is 9.64 Å². The fourth-order valence-corrected chi connectivity index (χ4v) is 3.69. The summed E-state index contributed by atoms with van der Waals surface area (Å²) in [7, 11) is 4.07. The zero-order chi connectivity index (χ0) is 11.8. The van der Waals surface area contributed by atoms with Gasteiger partial charge >= 0.3 is 0 Å². The molecular formula is C15H21NO. The molecule has 0 amide bonds. The highest BCUT2D eigenvalue weighted by Crippen LogP contribution is 2.42. The zero-order valence-electron chi connectivity index (χ0n) is 10.8. The molecule has 92 valence electrons. The Morgan fingerprint density at radius 1 is 1.29 bits per heavy atom. The molecule has 0 unspecified atom stereocenters. The molecule has 3 rings (SSSR count). The van der Waals surface area contributed by atoms with E-state index < -0.39 is 0 Å². The average molecular weight is 231 g/mol. The number of hydrogen-bond donors (Lipinski definition) is 0. The molecule has 1 fully saturated rings. The maximum absolute atomic E-state index is 5.51. The van der Waals surface area contributed by atoms with Crippen molar-refractivity contribution in [2.75, 3.05) is 20.7 Å². The van der Waals surface area contributed by atoms with Crippen molar-refractivity contribution in [2.45, 2.75) is 37.6 Å². The quantitative estimate of drug-likeness (QED) is 0.737. The fourth-order valence-electron chi connectivity index (χ4n) is 3.69. The van der Waals surface area contributed by atoms with E-state index in [0.29, 0.717) is 0 Å². The molecule has 2 atom stereocenters. The number of methoxy groups -OCH3 is 1. The summed E-state index contributed by atoms with van der Waals surface area (Å²) >= 11 is 0. The van der Waals surface area contributed by atoms with Gasteiger partial charge in [-0.25, -0.2) is 0 Å². The third kappa shape index (κ3) is 1.75. The SMILES string of the molecule is COc1cccc2c1CC[C@@H]1[C@@H]2CCCN1C. The van der Waals surface area contributed by atoms with Gasteiger partial charge in [-0.15, -0.1) is 0 Å². The topological polar surface area (TPSA) is 12.5 Å². The second-order valence-electron chi connectivity index (χ2n) is 5.36. The standard InChI is InChI=1S/C15H21NO/c1-16-10-4-6-12-11-5-3-7-15(17-2)13(11)8-9-14(12)16/h3,5,7,12,14H,4,6,8-10H2,1-2H3/t12-,14-/m1/s1. The van der Waals surface area contributed by atoms with Crippen LogP contribution in [0.3, 0.4) is 0 Å². The van der Waals surface area contributed by atoms with Crippen molar-refractivity contribution in [3.05, 3.63) is 29.3 Å². The molecule has 0 aromatic heterocycles. The molecule has 0 bridgehead atoms. The van der Waals surface area contributed by atoms with Crippen molar-refractivity contribution >= 4 is 0 Å². The number of likely N-dealkylation sites (N-methyl/N-ethyl adjacent to an activating group) is 1. The van der Waals surface area contributed by atoms with E-state index in [0.717, 1.165) is 17.7 Å². The first-order valence-corrected chi connectivity index (χ1v) is 6.67. The summed E-state index contributed by atoms with van der Waals surface area (Å²) in [5, 5.41) is 0. The van der Waals surface area contributed by atoms with E-state index in [-0.39, 0.29) is 0 Å². The Hall–Kier alpha value is -1.02. The van der Waals surface area contributed by atoms with Gasteiger partial charge in [0.15, 0.2) is 0 Å². The van der Waals surface area contributed by atoms with Crippen LogP contribution in [-0.4, -0.2) is 31.6 Å². The third-order valence-corrected chi connectivity index (χ3v) is 4.54. The van der Waals surface area contributed by atoms with Gasteiger partial charge in [0.2, 0.25) is 0 Å². The van der Waals surface area contributed by atoms with Crippen LogP contribution in [0.15, 0.2) is 18.2 Å². The summed E-state index contributed by atoms with van der Waals surface area (Å²) in [5.74, 6) is 1.82. The molecule has 2 aliphatic rings. The third-order valence-electron chi connectivity index (χ3n) is 4.54. The Morgan fingerprint density at radius 3 is 3.00 bits per heavy atom. The minimum atomic E-state index is 0.729. The number of likely N-dealkylation sites (tertiary alicyclic amines) is 1. The predicted molar refractivity (Wildman–Crippen MR) is 69.7 cm³/mol. The number of nitrogens with zero attached hydrogens (tertiary/aromatic N) is 1. The minimum Gasteiger partial charge on any atom is -0.496 e.